The number of carbonyl (C=O) groups is 4. The summed E-state index contributed by atoms with van der Waals surface area (Å²) in [6.45, 7) is 1.60. The van der Waals surface area contributed by atoms with E-state index < -0.39 is 23.4 Å². The van der Waals surface area contributed by atoms with Gasteiger partial charge in [0.2, 0.25) is 5.91 Å². The standard InChI is InChI=1S/C18H21N3O5S2/c1-2-26-15(23)13-11(10-3-4-10)8-28-14(13)19-12(22)7-21-16(24)18(20-17(21)25)5-6-27-9-18/h8,10H,2-7,9H2,1H3,(H,19,22)(H,20,25). The number of amides is 4. The molecule has 2 aliphatic heterocycles. The lowest BCUT2D eigenvalue weighted by atomic mass is 9.99. The summed E-state index contributed by atoms with van der Waals surface area (Å²) >= 11 is 2.87. The van der Waals surface area contributed by atoms with E-state index in [1.54, 1.807) is 18.7 Å². The van der Waals surface area contributed by atoms with Gasteiger partial charge >= 0.3 is 12.0 Å². The van der Waals surface area contributed by atoms with Gasteiger partial charge < -0.3 is 15.4 Å². The van der Waals surface area contributed by atoms with Crippen molar-refractivity contribution in [2.24, 2.45) is 0 Å². The summed E-state index contributed by atoms with van der Waals surface area (Å²) in [5, 5.41) is 7.72. The molecule has 1 unspecified atom stereocenters. The van der Waals surface area contributed by atoms with Crippen LogP contribution in [0.4, 0.5) is 9.80 Å². The van der Waals surface area contributed by atoms with Gasteiger partial charge in [0.1, 0.15) is 17.1 Å². The highest BCUT2D eigenvalue weighted by Gasteiger charge is 2.53. The van der Waals surface area contributed by atoms with Crippen LogP contribution in [0.15, 0.2) is 5.38 Å². The van der Waals surface area contributed by atoms with E-state index in [0.29, 0.717) is 28.7 Å². The first-order chi connectivity index (χ1) is 13.4. The smallest absolute Gasteiger partial charge is 0.341 e. The van der Waals surface area contributed by atoms with E-state index in [1.165, 1.54) is 11.3 Å². The normalized spacial score (nSPS) is 24.0. The topological polar surface area (TPSA) is 105 Å². The van der Waals surface area contributed by atoms with E-state index >= 15 is 0 Å². The number of esters is 1. The molecule has 1 aliphatic carbocycles. The first kappa shape index (κ1) is 19.3. The molecule has 28 heavy (non-hydrogen) atoms. The molecular weight excluding hydrogens is 402 g/mol. The Kier molecular flexibility index (Phi) is 5.09. The Morgan fingerprint density at radius 3 is 2.82 bits per heavy atom. The van der Waals surface area contributed by atoms with E-state index in [0.717, 1.165) is 29.1 Å². The molecule has 3 fully saturated rings. The molecule has 1 aromatic rings. The van der Waals surface area contributed by atoms with Crippen LogP contribution < -0.4 is 10.6 Å². The Morgan fingerprint density at radius 1 is 1.39 bits per heavy atom. The van der Waals surface area contributed by atoms with Crippen LogP contribution in [0, 0.1) is 0 Å². The van der Waals surface area contributed by atoms with Gasteiger partial charge in [0.05, 0.1) is 12.2 Å². The molecular formula is C18H21N3O5S2. The second-order valence-corrected chi connectivity index (χ2v) is 9.13. The molecule has 3 aliphatic rings. The fourth-order valence-corrected chi connectivity index (χ4v) is 5.91. The summed E-state index contributed by atoms with van der Waals surface area (Å²) < 4.78 is 5.14. The van der Waals surface area contributed by atoms with Crippen molar-refractivity contribution < 1.29 is 23.9 Å². The SMILES string of the molecule is CCOC(=O)c1c(C2CC2)csc1NC(=O)CN1C(=O)NC2(CCSC2)C1=O. The van der Waals surface area contributed by atoms with Crippen molar-refractivity contribution in [3.63, 3.8) is 0 Å². The molecule has 8 nitrogen and oxygen atoms in total. The minimum atomic E-state index is -0.875. The van der Waals surface area contributed by atoms with E-state index in [1.807, 2.05) is 5.38 Å². The summed E-state index contributed by atoms with van der Waals surface area (Å²) in [4.78, 5) is 50.8. The molecule has 4 amide bonds. The van der Waals surface area contributed by atoms with Crippen LogP contribution in [0.2, 0.25) is 0 Å². The number of ether oxygens (including phenoxy) is 1. The van der Waals surface area contributed by atoms with Gasteiger partial charge in [-0.15, -0.1) is 11.3 Å². The number of nitrogens with one attached hydrogen (secondary N) is 2. The molecule has 0 aromatic carbocycles. The summed E-state index contributed by atoms with van der Waals surface area (Å²) in [7, 11) is 0. The highest BCUT2D eigenvalue weighted by Crippen LogP contribution is 2.46. The molecule has 3 heterocycles. The Labute approximate surface area is 170 Å². The Balaban J connectivity index is 1.48. The highest BCUT2D eigenvalue weighted by molar-refractivity contribution is 7.99. The number of urea groups is 1. The molecule has 2 N–H and O–H groups in total. The van der Waals surface area contributed by atoms with Crippen LogP contribution in [0.25, 0.3) is 0 Å². The van der Waals surface area contributed by atoms with Gasteiger partial charge in [0.15, 0.2) is 0 Å². The van der Waals surface area contributed by atoms with Crippen LogP contribution >= 0.6 is 23.1 Å². The van der Waals surface area contributed by atoms with Crippen molar-refractivity contribution >= 4 is 51.9 Å². The molecule has 0 radical (unpaired) electrons. The summed E-state index contributed by atoms with van der Waals surface area (Å²) in [6.07, 6.45) is 2.60. The lowest BCUT2D eigenvalue weighted by Gasteiger charge is -2.19. The van der Waals surface area contributed by atoms with Crippen molar-refractivity contribution in [2.45, 2.75) is 37.6 Å². The van der Waals surface area contributed by atoms with Gasteiger partial charge in [-0.2, -0.15) is 11.8 Å². The molecule has 150 valence electrons. The molecule has 2 saturated heterocycles. The molecule has 1 atom stereocenters. The minimum Gasteiger partial charge on any atom is -0.462 e. The number of rotatable bonds is 6. The second-order valence-electron chi connectivity index (χ2n) is 7.14. The zero-order valence-electron chi connectivity index (χ0n) is 15.4. The van der Waals surface area contributed by atoms with E-state index in [9.17, 15) is 19.2 Å². The van der Waals surface area contributed by atoms with E-state index in [-0.39, 0.29) is 19.1 Å². The van der Waals surface area contributed by atoms with E-state index in [4.69, 9.17) is 4.74 Å². The minimum absolute atomic E-state index is 0.245. The van der Waals surface area contributed by atoms with Crippen LogP contribution in [0.3, 0.4) is 0 Å². The largest absolute Gasteiger partial charge is 0.462 e. The lowest BCUT2D eigenvalue weighted by Crippen LogP contribution is -2.47. The Morgan fingerprint density at radius 2 is 2.18 bits per heavy atom. The third-order valence-electron chi connectivity index (χ3n) is 5.14. The number of hydrogen-bond donors (Lipinski definition) is 2. The summed E-state index contributed by atoms with van der Waals surface area (Å²) in [5.74, 6) is 0.325. The van der Waals surface area contributed by atoms with Crippen LogP contribution in [0.1, 0.15) is 48.0 Å². The van der Waals surface area contributed by atoms with Crippen LogP contribution in [0.5, 0.6) is 0 Å². The molecule has 4 rings (SSSR count). The number of hydrogen-bond acceptors (Lipinski definition) is 7. The third-order valence-corrected chi connectivity index (χ3v) is 7.24. The summed E-state index contributed by atoms with van der Waals surface area (Å²) in [6, 6.07) is -0.543. The number of nitrogens with zero attached hydrogens (tertiary/aromatic N) is 1. The number of carbonyl (C=O) groups excluding carboxylic acids is 4. The fraction of sp³-hybridized carbons (Fsp3) is 0.556. The average molecular weight is 424 g/mol. The average Bonchev–Trinajstić information content (AvgIpc) is 3.17. The predicted molar refractivity (Wildman–Crippen MR) is 106 cm³/mol. The molecule has 10 heteroatoms. The zero-order chi connectivity index (χ0) is 19.9. The van der Waals surface area contributed by atoms with E-state index in [2.05, 4.69) is 10.6 Å². The first-order valence-corrected chi connectivity index (χ1v) is 11.3. The molecule has 1 aromatic heterocycles. The maximum absolute atomic E-state index is 12.7. The fourth-order valence-electron chi connectivity index (χ4n) is 3.53. The van der Waals surface area contributed by atoms with Crippen molar-refractivity contribution in [3.8, 4) is 0 Å². The zero-order valence-corrected chi connectivity index (χ0v) is 17.0. The molecule has 0 bridgehead atoms. The molecule has 1 saturated carbocycles. The van der Waals surface area contributed by atoms with Crippen molar-refractivity contribution in [3.05, 3.63) is 16.5 Å². The second kappa shape index (κ2) is 7.40. The van der Waals surface area contributed by atoms with Gasteiger partial charge in [-0.3, -0.25) is 14.5 Å². The quantitative estimate of drug-likeness (QED) is 0.537. The molecule has 1 spiro atoms. The van der Waals surface area contributed by atoms with Crippen LogP contribution in [-0.2, 0) is 14.3 Å². The van der Waals surface area contributed by atoms with Gasteiger partial charge in [-0.05, 0) is 48.8 Å². The van der Waals surface area contributed by atoms with Crippen molar-refractivity contribution in [2.75, 3.05) is 30.0 Å². The number of thiophene rings is 1. The lowest BCUT2D eigenvalue weighted by molar-refractivity contribution is -0.133. The monoisotopic (exact) mass is 423 g/mol. The van der Waals surface area contributed by atoms with Gasteiger partial charge in [-0.1, -0.05) is 0 Å². The van der Waals surface area contributed by atoms with Gasteiger partial charge in [0, 0.05) is 5.75 Å². The van der Waals surface area contributed by atoms with Crippen molar-refractivity contribution in [1.82, 2.24) is 10.2 Å². The Hall–Kier alpha value is -2.07. The number of anilines is 1. The first-order valence-electron chi connectivity index (χ1n) is 9.25. The number of thioether (sulfide) groups is 1. The maximum atomic E-state index is 12.7. The Bertz CT molecular complexity index is 842. The predicted octanol–water partition coefficient (Wildman–Crippen LogP) is 2.17. The van der Waals surface area contributed by atoms with Crippen LogP contribution in [-0.4, -0.2) is 58.9 Å². The van der Waals surface area contributed by atoms with Gasteiger partial charge in [0.25, 0.3) is 5.91 Å². The van der Waals surface area contributed by atoms with Gasteiger partial charge in [-0.25, -0.2) is 9.59 Å². The third kappa shape index (κ3) is 3.39. The van der Waals surface area contributed by atoms with Crippen molar-refractivity contribution in [1.29, 1.82) is 0 Å². The maximum Gasteiger partial charge on any atom is 0.341 e. The number of imide groups is 1. The summed E-state index contributed by atoms with van der Waals surface area (Å²) in [5.41, 5.74) is 0.416. The highest BCUT2D eigenvalue weighted by atomic mass is 32.2.